The molecule has 2 amide bonds. The summed E-state index contributed by atoms with van der Waals surface area (Å²) >= 11 is 0. The van der Waals surface area contributed by atoms with E-state index in [0.717, 1.165) is 0 Å². The second kappa shape index (κ2) is 7.04. The van der Waals surface area contributed by atoms with E-state index in [1.54, 1.807) is 0 Å². The molecule has 1 fully saturated rings. The second-order valence-electron chi connectivity index (χ2n) is 5.27. The SMILES string of the molecule is CC(=O)NC(=Cc1ccc(F)cc1)C(=O)N1CCC[C@@H]1C(=O)[O-]. The van der Waals surface area contributed by atoms with E-state index in [4.69, 9.17) is 0 Å². The van der Waals surface area contributed by atoms with Crippen molar-refractivity contribution in [1.82, 2.24) is 10.2 Å². The molecule has 1 aromatic carbocycles. The van der Waals surface area contributed by atoms with Crippen molar-refractivity contribution in [2.45, 2.75) is 25.8 Å². The Kier molecular flexibility index (Phi) is 5.10. The van der Waals surface area contributed by atoms with Crippen molar-refractivity contribution >= 4 is 23.9 Å². The molecule has 2 rings (SSSR count). The number of carboxylic acid groups (broad SMARTS) is 1. The van der Waals surface area contributed by atoms with Gasteiger partial charge in [-0.3, -0.25) is 9.59 Å². The molecule has 0 unspecified atom stereocenters. The third-order valence-electron chi connectivity index (χ3n) is 3.51. The lowest BCUT2D eigenvalue weighted by Gasteiger charge is -2.26. The largest absolute Gasteiger partial charge is 0.548 e. The van der Waals surface area contributed by atoms with E-state index >= 15 is 0 Å². The van der Waals surface area contributed by atoms with Crippen LogP contribution >= 0.6 is 0 Å². The number of nitrogens with zero attached hydrogens (tertiary/aromatic N) is 1. The van der Waals surface area contributed by atoms with E-state index in [1.165, 1.54) is 42.2 Å². The number of halogens is 1. The number of nitrogens with one attached hydrogen (secondary N) is 1. The molecule has 1 saturated heterocycles. The number of likely N-dealkylation sites (tertiary alicyclic amines) is 1. The van der Waals surface area contributed by atoms with Gasteiger partial charge in [0, 0.05) is 13.5 Å². The van der Waals surface area contributed by atoms with Crippen LogP contribution in [0.5, 0.6) is 0 Å². The van der Waals surface area contributed by atoms with Crippen LogP contribution in [0.1, 0.15) is 25.3 Å². The molecule has 0 aromatic heterocycles. The maximum absolute atomic E-state index is 12.9. The number of amides is 2. The number of hydrogen-bond donors (Lipinski definition) is 1. The second-order valence-corrected chi connectivity index (χ2v) is 5.27. The van der Waals surface area contributed by atoms with Crippen LogP contribution in [0.4, 0.5) is 4.39 Å². The molecule has 1 aliphatic rings. The Morgan fingerprint density at radius 3 is 2.52 bits per heavy atom. The Hall–Kier alpha value is -2.70. The van der Waals surface area contributed by atoms with Gasteiger partial charge in [0.1, 0.15) is 11.5 Å². The Morgan fingerprint density at radius 2 is 1.96 bits per heavy atom. The molecule has 0 bridgehead atoms. The first-order valence-electron chi connectivity index (χ1n) is 7.15. The van der Waals surface area contributed by atoms with Gasteiger partial charge in [0.05, 0.1) is 12.0 Å². The number of rotatable bonds is 4. The van der Waals surface area contributed by atoms with Crippen molar-refractivity contribution in [3.63, 3.8) is 0 Å². The van der Waals surface area contributed by atoms with Crippen molar-refractivity contribution < 1.29 is 23.9 Å². The molecule has 1 atom stereocenters. The normalized spacial score (nSPS) is 17.9. The summed E-state index contributed by atoms with van der Waals surface area (Å²) in [5.74, 6) is -2.81. The van der Waals surface area contributed by atoms with Gasteiger partial charge >= 0.3 is 0 Å². The average molecular weight is 319 g/mol. The monoisotopic (exact) mass is 319 g/mol. The van der Waals surface area contributed by atoms with Crippen molar-refractivity contribution in [1.29, 1.82) is 0 Å². The lowest BCUT2D eigenvalue weighted by atomic mass is 10.1. The third-order valence-corrected chi connectivity index (χ3v) is 3.51. The van der Waals surface area contributed by atoms with Gasteiger partial charge in [-0.05, 0) is 36.6 Å². The minimum atomic E-state index is -1.32. The first-order chi connectivity index (χ1) is 10.9. The quantitative estimate of drug-likeness (QED) is 0.794. The maximum Gasteiger partial charge on any atom is 0.270 e. The molecular weight excluding hydrogens is 303 g/mol. The number of hydrogen-bond acceptors (Lipinski definition) is 4. The van der Waals surface area contributed by atoms with E-state index in [9.17, 15) is 23.9 Å². The number of carbonyl (C=O) groups is 3. The molecule has 0 aliphatic carbocycles. The van der Waals surface area contributed by atoms with E-state index < -0.39 is 29.6 Å². The van der Waals surface area contributed by atoms with Crippen LogP contribution in [0.15, 0.2) is 30.0 Å². The van der Waals surface area contributed by atoms with Crippen molar-refractivity contribution in [2.75, 3.05) is 6.54 Å². The van der Waals surface area contributed by atoms with E-state index in [0.29, 0.717) is 18.4 Å². The van der Waals surface area contributed by atoms with Crippen molar-refractivity contribution in [2.24, 2.45) is 0 Å². The van der Waals surface area contributed by atoms with Gasteiger partial charge in [-0.25, -0.2) is 4.39 Å². The third kappa shape index (κ3) is 4.15. The van der Waals surface area contributed by atoms with Crippen LogP contribution in [0, 0.1) is 5.82 Å². The summed E-state index contributed by atoms with van der Waals surface area (Å²) in [6.45, 7) is 1.52. The number of carboxylic acids is 1. The Labute approximate surface area is 132 Å². The zero-order chi connectivity index (χ0) is 17.0. The highest BCUT2D eigenvalue weighted by Gasteiger charge is 2.31. The molecule has 1 aromatic rings. The zero-order valence-corrected chi connectivity index (χ0v) is 12.5. The minimum Gasteiger partial charge on any atom is -0.548 e. The van der Waals surface area contributed by atoms with Crippen LogP contribution in [0.25, 0.3) is 6.08 Å². The topological polar surface area (TPSA) is 89.5 Å². The Bertz CT molecular complexity index is 655. The molecule has 122 valence electrons. The molecule has 1 aliphatic heterocycles. The fraction of sp³-hybridized carbons (Fsp3) is 0.312. The predicted molar refractivity (Wildman–Crippen MR) is 77.9 cm³/mol. The molecule has 7 heteroatoms. The van der Waals surface area contributed by atoms with E-state index in [-0.39, 0.29) is 12.2 Å². The summed E-state index contributed by atoms with van der Waals surface area (Å²) in [6.07, 6.45) is 2.25. The average Bonchev–Trinajstić information content (AvgIpc) is 2.97. The molecule has 0 saturated carbocycles. The lowest BCUT2D eigenvalue weighted by molar-refractivity contribution is -0.310. The molecule has 1 N–H and O–H groups in total. The number of aliphatic carboxylic acids is 1. The van der Waals surface area contributed by atoms with Crippen LogP contribution in [-0.4, -0.2) is 35.3 Å². The Balaban J connectivity index is 2.30. The van der Waals surface area contributed by atoms with Crippen molar-refractivity contribution in [3.05, 3.63) is 41.3 Å². The standard InChI is InChI=1S/C16H17FN2O4/c1-10(20)18-13(9-11-4-6-12(17)7-5-11)15(21)19-8-2-3-14(19)16(22)23/h4-7,9,14H,2-3,8H2,1H3,(H,18,20)(H,22,23)/p-1/t14-/m1/s1. The van der Waals surface area contributed by atoms with Gasteiger partial charge < -0.3 is 20.1 Å². The smallest absolute Gasteiger partial charge is 0.270 e. The molecule has 0 spiro atoms. The summed E-state index contributed by atoms with van der Waals surface area (Å²) in [5, 5.41) is 13.5. The van der Waals surface area contributed by atoms with Gasteiger partial charge in [0.2, 0.25) is 5.91 Å². The summed E-state index contributed by atoms with van der Waals surface area (Å²) in [7, 11) is 0. The molecule has 23 heavy (non-hydrogen) atoms. The van der Waals surface area contributed by atoms with Crippen molar-refractivity contribution in [3.8, 4) is 0 Å². The van der Waals surface area contributed by atoms with Crippen LogP contribution in [0.2, 0.25) is 0 Å². The van der Waals surface area contributed by atoms with Crippen LogP contribution in [0.3, 0.4) is 0 Å². The van der Waals surface area contributed by atoms with Gasteiger partial charge in [-0.2, -0.15) is 0 Å². The number of carbonyl (C=O) groups excluding carboxylic acids is 3. The minimum absolute atomic E-state index is 0.0581. The zero-order valence-electron chi connectivity index (χ0n) is 12.5. The van der Waals surface area contributed by atoms with Gasteiger partial charge in [-0.1, -0.05) is 12.1 Å². The van der Waals surface area contributed by atoms with Gasteiger partial charge in [0.15, 0.2) is 0 Å². The highest BCUT2D eigenvalue weighted by molar-refractivity contribution is 6.02. The summed E-state index contributed by atoms with van der Waals surface area (Å²) in [4.78, 5) is 36.1. The van der Waals surface area contributed by atoms with E-state index in [2.05, 4.69) is 5.32 Å². The van der Waals surface area contributed by atoms with Crippen LogP contribution < -0.4 is 10.4 Å². The summed E-state index contributed by atoms with van der Waals surface area (Å²) in [5.41, 5.74) is 0.449. The number of benzene rings is 1. The van der Waals surface area contributed by atoms with Gasteiger partial charge in [0.25, 0.3) is 5.91 Å². The highest BCUT2D eigenvalue weighted by Crippen LogP contribution is 2.19. The fourth-order valence-electron chi connectivity index (χ4n) is 2.48. The maximum atomic E-state index is 12.9. The molecular formula is C16H16FN2O4-. The predicted octanol–water partition coefficient (Wildman–Crippen LogP) is 0.0436. The molecule has 0 radical (unpaired) electrons. The van der Waals surface area contributed by atoms with Crippen LogP contribution in [-0.2, 0) is 14.4 Å². The van der Waals surface area contributed by atoms with Gasteiger partial charge in [-0.15, -0.1) is 0 Å². The first-order valence-corrected chi connectivity index (χ1v) is 7.15. The summed E-state index contributed by atoms with van der Waals surface area (Å²) < 4.78 is 12.9. The lowest BCUT2D eigenvalue weighted by Crippen LogP contribution is -2.48. The highest BCUT2D eigenvalue weighted by atomic mass is 19.1. The molecule has 1 heterocycles. The summed E-state index contributed by atoms with van der Waals surface area (Å²) in [6, 6.07) is 4.34. The van der Waals surface area contributed by atoms with E-state index in [1.807, 2.05) is 0 Å². The first kappa shape index (κ1) is 16.7. The molecule has 6 nitrogen and oxygen atoms in total. The Morgan fingerprint density at radius 1 is 1.30 bits per heavy atom. The fourth-order valence-corrected chi connectivity index (χ4v) is 2.48.